The number of aliphatic imine (C=N–C) groups is 1. The van der Waals surface area contributed by atoms with Gasteiger partial charge >= 0.3 is 5.97 Å². The highest BCUT2D eigenvalue weighted by molar-refractivity contribution is 9.13. The summed E-state index contributed by atoms with van der Waals surface area (Å²) >= 11 is 6.54. The molecule has 0 atom stereocenters. The van der Waals surface area contributed by atoms with Crippen molar-refractivity contribution in [1.82, 2.24) is 0 Å². The molecule has 0 unspecified atom stereocenters. The second kappa shape index (κ2) is 5.71. The van der Waals surface area contributed by atoms with E-state index in [1.54, 1.807) is 24.4 Å². The smallest absolute Gasteiger partial charge is 0.335 e. The summed E-state index contributed by atoms with van der Waals surface area (Å²) in [7, 11) is 0. The highest BCUT2D eigenvalue weighted by Gasteiger charge is 2.06. The molecule has 0 saturated heterocycles. The van der Waals surface area contributed by atoms with Gasteiger partial charge in [0, 0.05) is 6.07 Å². The Morgan fingerprint density at radius 3 is 2.68 bits per heavy atom. The fraction of sp³-hybridized carbons (Fsp3) is 0.0769. The van der Waals surface area contributed by atoms with Gasteiger partial charge in [-0.25, -0.2) is 4.79 Å². The van der Waals surface area contributed by atoms with Gasteiger partial charge in [0.05, 0.1) is 21.9 Å². The molecule has 0 amide bonds. The molecule has 0 aliphatic carbocycles. The van der Waals surface area contributed by atoms with E-state index >= 15 is 0 Å². The van der Waals surface area contributed by atoms with E-state index in [0.717, 1.165) is 10.0 Å². The Morgan fingerprint density at radius 2 is 2.11 bits per heavy atom. The van der Waals surface area contributed by atoms with E-state index in [1.807, 2.05) is 6.92 Å². The molecule has 0 fully saturated rings. The fourth-order valence-electron chi connectivity index (χ4n) is 1.44. The van der Waals surface area contributed by atoms with Crippen LogP contribution in [-0.2, 0) is 0 Å². The molecule has 0 bridgehead atoms. The Labute approximate surface area is 126 Å². The summed E-state index contributed by atoms with van der Waals surface area (Å²) in [6.45, 7) is 1.87. The van der Waals surface area contributed by atoms with Crippen molar-refractivity contribution in [2.24, 2.45) is 4.99 Å². The molecule has 4 nitrogen and oxygen atoms in total. The van der Waals surface area contributed by atoms with Crippen LogP contribution in [0.2, 0.25) is 0 Å². The minimum absolute atomic E-state index is 0.208. The molecule has 2 aromatic rings. The number of furan rings is 1. The molecule has 0 radical (unpaired) electrons. The number of aryl methyl sites for hydroxylation is 1. The largest absolute Gasteiger partial charge is 0.478 e. The molecule has 0 aliphatic heterocycles. The Kier molecular flexibility index (Phi) is 4.21. The number of benzene rings is 1. The second-order valence-corrected chi connectivity index (χ2v) is 5.41. The zero-order valence-electron chi connectivity index (χ0n) is 9.85. The first-order valence-corrected chi connectivity index (χ1v) is 6.89. The summed E-state index contributed by atoms with van der Waals surface area (Å²) in [5.74, 6) is -0.404. The summed E-state index contributed by atoms with van der Waals surface area (Å²) in [5.41, 5.74) is 1.70. The first-order valence-electron chi connectivity index (χ1n) is 5.30. The third-order valence-corrected chi connectivity index (χ3v) is 4.16. The number of nitrogens with zero attached hydrogens (tertiary/aromatic N) is 1. The Balaban J connectivity index is 2.32. The highest BCUT2D eigenvalue weighted by atomic mass is 79.9. The van der Waals surface area contributed by atoms with Gasteiger partial charge in [0.1, 0.15) is 5.76 Å². The lowest BCUT2D eigenvalue weighted by Gasteiger charge is -2.01. The van der Waals surface area contributed by atoms with Crippen molar-refractivity contribution in [1.29, 1.82) is 0 Å². The van der Waals surface area contributed by atoms with E-state index in [0.29, 0.717) is 16.1 Å². The SMILES string of the molecule is Cc1ccc(C(=O)O)cc1N=Cc1cc(Br)c(Br)o1. The fourth-order valence-corrected chi connectivity index (χ4v) is 2.05. The molecule has 1 aromatic carbocycles. The van der Waals surface area contributed by atoms with E-state index in [1.165, 1.54) is 6.07 Å². The van der Waals surface area contributed by atoms with Gasteiger partial charge in [-0.2, -0.15) is 0 Å². The van der Waals surface area contributed by atoms with Crippen LogP contribution in [-0.4, -0.2) is 17.3 Å². The maximum Gasteiger partial charge on any atom is 0.335 e. The Hall–Kier alpha value is -1.40. The van der Waals surface area contributed by atoms with Crippen LogP contribution in [0.1, 0.15) is 21.7 Å². The van der Waals surface area contributed by atoms with Gasteiger partial charge in [-0.05, 0) is 56.5 Å². The number of carboxylic acid groups (broad SMARTS) is 1. The summed E-state index contributed by atoms with van der Waals surface area (Å²) in [6.07, 6.45) is 1.55. The van der Waals surface area contributed by atoms with Crippen LogP contribution in [0.25, 0.3) is 0 Å². The normalized spacial score (nSPS) is 11.1. The third kappa shape index (κ3) is 3.33. The lowest BCUT2D eigenvalue weighted by atomic mass is 10.1. The minimum Gasteiger partial charge on any atom is -0.478 e. The molecule has 0 aliphatic rings. The van der Waals surface area contributed by atoms with Crippen molar-refractivity contribution in [2.75, 3.05) is 0 Å². The maximum absolute atomic E-state index is 10.9. The number of halogens is 2. The molecule has 6 heteroatoms. The van der Waals surface area contributed by atoms with Crippen LogP contribution in [0.5, 0.6) is 0 Å². The van der Waals surface area contributed by atoms with Crippen molar-refractivity contribution >= 4 is 49.7 Å². The van der Waals surface area contributed by atoms with Crippen molar-refractivity contribution in [3.8, 4) is 0 Å². The topological polar surface area (TPSA) is 62.8 Å². The van der Waals surface area contributed by atoms with E-state index in [9.17, 15) is 4.79 Å². The molecule has 1 heterocycles. The summed E-state index contributed by atoms with van der Waals surface area (Å²) < 4.78 is 6.74. The molecular weight excluding hydrogens is 378 g/mol. The van der Waals surface area contributed by atoms with E-state index in [-0.39, 0.29) is 5.56 Å². The number of aromatic carboxylic acids is 1. The number of carbonyl (C=O) groups is 1. The monoisotopic (exact) mass is 385 g/mol. The van der Waals surface area contributed by atoms with Crippen LogP contribution in [0, 0.1) is 6.92 Å². The quantitative estimate of drug-likeness (QED) is 0.786. The Bertz CT molecular complexity index is 642. The highest BCUT2D eigenvalue weighted by Crippen LogP contribution is 2.26. The predicted octanol–water partition coefficient (Wildman–Crippen LogP) is 4.56. The number of carboxylic acids is 1. The molecule has 2 rings (SSSR count). The van der Waals surface area contributed by atoms with E-state index in [2.05, 4.69) is 36.9 Å². The average molecular weight is 387 g/mol. The zero-order valence-corrected chi connectivity index (χ0v) is 13.0. The van der Waals surface area contributed by atoms with Gasteiger partial charge in [0.15, 0.2) is 4.67 Å². The van der Waals surface area contributed by atoms with Crippen LogP contribution >= 0.6 is 31.9 Å². The minimum atomic E-state index is -0.972. The predicted molar refractivity (Wildman–Crippen MR) is 79.5 cm³/mol. The summed E-state index contributed by atoms with van der Waals surface area (Å²) in [5, 5.41) is 8.94. The van der Waals surface area contributed by atoms with Gasteiger partial charge in [0.25, 0.3) is 0 Å². The molecular formula is C13H9Br2NO3. The van der Waals surface area contributed by atoms with Gasteiger partial charge in [0.2, 0.25) is 0 Å². The first kappa shape index (κ1) is 14.0. The number of hydrogen-bond acceptors (Lipinski definition) is 3. The van der Waals surface area contributed by atoms with E-state index < -0.39 is 5.97 Å². The average Bonchev–Trinajstić information content (AvgIpc) is 2.67. The van der Waals surface area contributed by atoms with Gasteiger partial charge in [-0.3, -0.25) is 4.99 Å². The van der Waals surface area contributed by atoms with Crippen molar-refractivity contribution < 1.29 is 14.3 Å². The molecule has 1 aromatic heterocycles. The van der Waals surface area contributed by atoms with Crippen molar-refractivity contribution in [2.45, 2.75) is 6.92 Å². The maximum atomic E-state index is 10.9. The summed E-state index contributed by atoms with van der Waals surface area (Å²) in [4.78, 5) is 15.2. The summed E-state index contributed by atoms with van der Waals surface area (Å²) in [6, 6.07) is 6.58. The molecule has 19 heavy (non-hydrogen) atoms. The molecule has 0 spiro atoms. The van der Waals surface area contributed by atoms with Gasteiger partial charge < -0.3 is 9.52 Å². The molecule has 98 valence electrons. The Morgan fingerprint density at radius 1 is 1.37 bits per heavy atom. The zero-order chi connectivity index (χ0) is 14.0. The van der Waals surface area contributed by atoms with E-state index in [4.69, 9.17) is 9.52 Å². The number of rotatable bonds is 3. The van der Waals surface area contributed by atoms with Gasteiger partial charge in [-0.15, -0.1) is 0 Å². The standard InChI is InChI=1S/C13H9Br2NO3/c1-7-2-3-8(13(17)18)4-11(7)16-6-9-5-10(14)12(15)19-9/h2-6H,1H3,(H,17,18). The third-order valence-electron chi connectivity index (χ3n) is 2.45. The number of hydrogen-bond donors (Lipinski definition) is 1. The first-order chi connectivity index (χ1) is 8.97. The van der Waals surface area contributed by atoms with Crippen LogP contribution in [0.4, 0.5) is 5.69 Å². The molecule has 1 N–H and O–H groups in total. The van der Waals surface area contributed by atoms with Crippen molar-refractivity contribution in [3.05, 3.63) is 50.3 Å². The lowest BCUT2D eigenvalue weighted by Crippen LogP contribution is -1.95. The van der Waals surface area contributed by atoms with Crippen LogP contribution < -0.4 is 0 Å². The lowest BCUT2D eigenvalue weighted by molar-refractivity contribution is 0.0697. The van der Waals surface area contributed by atoms with Gasteiger partial charge in [-0.1, -0.05) is 6.07 Å². The van der Waals surface area contributed by atoms with Crippen LogP contribution in [0.3, 0.4) is 0 Å². The molecule has 0 saturated carbocycles. The van der Waals surface area contributed by atoms with Crippen LogP contribution in [0.15, 0.2) is 42.8 Å². The van der Waals surface area contributed by atoms with Crippen molar-refractivity contribution in [3.63, 3.8) is 0 Å². The second-order valence-electron chi connectivity index (χ2n) is 3.84.